The summed E-state index contributed by atoms with van der Waals surface area (Å²) in [5.74, 6) is 0. The van der Waals surface area contributed by atoms with Gasteiger partial charge in [-0.1, -0.05) is 41.4 Å². The van der Waals surface area contributed by atoms with Crippen LogP contribution in [-0.2, 0) is 6.54 Å². The molecule has 2 amide bonds. The van der Waals surface area contributed by atoms with Crippen LogP contribution in [0.15, 0.2) is 48.7 Å². The van der Waals surface area contributed by atoms with Crippen LogP contribution >= 0.6 is 23.2 Å². The van der Waals surface area contributed by atoms with Crippen molar-refractivity contribution in [1.29, 1.82) is 0 Å². The summed E-state index contributed by atoms with van der Waals surface area (Å²) in [7, 11) is 0. The van der Waals surface area contributed by atoms with Gasteiger partial charge in [-0.15, -0.1) is 0 Å². The van der Waals surface area contributed by atoms with Crippen LogP contribution in [-0.4, -0.2) is 35.0 Å². The molecule has 0 unspecified atom stereocenters. The first-order chi connectivity index (χ1) is 14.5. The number of hydrogen-bond acceptors (Lipinski definition) is 3. The quantitative estimate of drug-likeness (QED) is 0.549. The molecule has 30 heavy (non-hydrogen) atoms. The molecule has 2 aromatic carbocycles. The van der Waals surface area contributed by atoms with Crippen molar-refractivity contribution in [3.8, 4) is 0 Å². The predicted octanol–water partition coefficient (Wildman–Crippen LogP) is 5.64. The molecule has 3 aromatic rings. The van der Waals surface area contributed by atoms with E-state index in [1.165, 1.54) is 0 Å². The maximum absolute atomic E-state index is 12.6. The molecular weight excluding hydrogens is 419 g/mol. The van der Waals surface area contributed by atoms with Gasteiger partial charge in [-0.2, -0.15) is 0 Å². The van der Waals surface area contributed by atoms with Crippen LogP contribution in [0.1, 0.15) is 24.1 Å². The number of likely N-dealkylation sites (tertiary alicyclic amines) is 1. The second-order valence-corrected chi connectivity index (χ2v) is 8.56. The van der Waals surface area contributed by atoms with Crippen LogP contribution in [0, 0.1) is 6.92 Å². The number of nitrogens with zero attached hydrogens (tertiary/aromatic N) is 2. The number of nitrogens with one attached hydrogen (secondary N) is 2. The van der Waals surface area contributed by atoms with Gasteiger partial charge in [0.15, 0.2) is 0 Å². The van der Waals surface area contributed by atoms with Gasteiger partial charge in [0.05, 0.1) is 15.7 Å². The Hall–Kier alpha value is -2.34. The Bertz CT molecular complexity index is 1060. The molecule has 156 valence electrons. The molecule has 1 saturated heterocycles. The average Bonchev–Trinajstić information content (AvgIpc) is 2.73. The SMILES string of the molecule is Cc1cc2c(NC(=O)NC3CCN(Cc4ccc(Cl)c(Cl)c4)CC3)cccc2cn1. The van der Waals surface area contributed by atoms with Gasteiger partial charge in [-0.3, -0.25) is 9.88 Å². The number of rotatable bonds is 4. The lowest BCUT2D eigenvalue weighted by Crippen LogP contribution is -2.45. The van der Waals surface area contributed by atoms with Crippen LogP contribution in [0.2, 0.25) is 10.0 Å². The van der Waals surface area contributed by atoms with E-state index in [1.807, 2.05) is 55.6 Å². The second kappa shape index (κ2) is 9.21. The van der Waals surface area contributed by atoms with Crippen LogP contribution < -0.4 is 10.6 Å². The molecule has 0 atom stereocenters. The van der Waals surface area contributed by atoms with Gasteiger partial charge in [0.1, 0.15) is 0 Å². The van der Waals surface area contributed by atoms with E-state index in [4.69, 9.17) is 23.2 Å². The van der Waals surface area contributed by atoms with E-state index < -0.39 is 0 Å². The largest absolute Gasteiger partial charge is 0.335 e. The number of carbonyl (C=O) groups excluding carboxylic acids is 1. The Labute approximate surface area is 186 Å². The molecule has 2 heterocycles. The summed E-state index contributed by atoms with van der Waals surface area (Å²) in [4.78, 5) is 19.3. The number of fused-ring (bicyclic) bond motifs is 1. The fourth-order valence-corrected chi connectivity index (χ4v) is 4.18. The molecule has 0 bridgehead atoms. The first-order valence-corrected chi connectivity index (χ1v) is 10.8. The van der Waals surface area contributed by atoms with E-state index in [1.54, 1.807) is 0 Å². The lowest BCUT2D eigenvalue weighted by molar-refractivity contribution is 0.190. The van der Waals surface area contributed by atoms with Gasteiger partial charge >= 0.3 is 6.03 Å². The van der Waals surface area contributed by atoms with Gasteiger partial charge in [0.2, 0.25) is 0 Å². The lowest BCUT2D eigenvalue weighted by atomic mass is 10.0. The van der Waals surface area contributed by atoms with Crippen molar-refractivity contribution in [3.05, 3.63) is 70.0 Å². The molecule has 0 saturated carbocycles. The summed E-state index contributed by atoms with van der Waals surface area (Å²) in [6, 6.07) is 13.6. The molecule has 4 rings (SSSR count). The van der Waals surface area contributed by atoms with E-state index in [0.29, 0.717) is 10.0 Å². The molecule has 1 aliphatic rings. The molecule has 7 heteroatoms. The summed E-state index contributed by atoms with van der Waals surface area (Å²) in [5, 5.41) is 9.29. The maximum atomic E-state index is 12.6. The van der Waals surface area contributed by atoms with E-state index in [0.717, 1.165) is 60.2 Å². The second-order valence-electron chi connectivity index (χ2n) is 7.75. The Balaban J connectivity index is 1.30. The van der Waals surface area contributed by atoms with Gasteiger partial charge in [0, 0.05) is 48.3 Å². The number of halogens is 2. The summed E-state index contributed by atoms with van der Waals surface area (Å²) in [6.07, 6.45) is 3.65. The van der Waals surface area contributed by atoms with Crippen LogP contribution in [0.3, 0.4) is 0 Å². The number of carbonyl (C=O) groups is 1. The van der Waals surface area contributed by atoms with Crippen molar-refractivity contribution in [2.75, 3.05) is 18.4 Å². The Morgan fingerprint density at radius 2 is 1.93 bits per heavy atom. The number of benzene rings is 2. The maximum Gasteiger partial charge on any atom is 0.319 e. The number of aromatic nitrogens is 1. The third-order valence-corrected chi connectivity index (χ3v) is 6.20. The summed E-state index contributed by atoms with van der Waals surface area (Å²) in [6.45, 7) is 4.62. The molecule has 1 aliphatic heterocycles. The minimum Gasteiger partial charge on any atom is -0.335 e. The lowest BCUT2D eigenvalue weighted by Gasteiger charge is -2.32. The van der Waals surface area contributed by atoms with Crippen LogP contribution in [0.25, 0.3) is 10.8 Å². The first kappa shape index (κ1) is 20.9. The third-order valence-electron chi connectivity index (χ3n) is 5.46. The molecule has 2 N–H and O–H groups in total. The molecular formula is C23H24Cl2N4O. The highest BCUT2D eigenvalue weighted by Gasteiger charge is 2.21. The Kier molecular flexibility index (Phi) is 6.42. The van der Waals surface area contributed by atoms with Crippen molar-refractivity contribution >= 4 is 45.7 Å². The third kappa shape index (κ3) is 5.04. The highest BCUT2D eigenvalue weighted by Crippen LogP contribution is 2.25. The number of pyridine rings is 1. The number of amides is 2. The summed E-state index contributed by atoms with van der Waals surface area (Å²) in [5.41, 5.74) is 2.87. The summed E-state index contributed by atoms with van der Waals surface area (Å²) < 4.78 is 0. The molecule has 0 spiro atoms. The average molecular weight is 443 g/mol. The molecule has 1 aromatic heterocycles. The van der Waals surface area contributed by atoms with Crippen LogP contribution in [0.5, 0.6) is 0 Å². The smallest absolute Gasteiger partial charge is 0.319 e. The number of anilines is 1. The van der Waals surface area contributed by atoms with Crippen molar-refractivity contribution in [1.82, 2.24) is 15.2 Å². The van der Waals surface area contributed by atoms with Gasteiger partial charge < -0.3 is 10.6 Å². The molecule has 1 fully saturated rings. The molecule has 5 nitrogen and oxygen atoms in total. The Morgan fingerprint density at radius 1 is 1.13 bits per heavy atom. The minimum absolute atomic E-state index is 0.161. The fourth-order valence-electron chi connectivity index (χ4n) is 3.86. The zero-order valence-electron chi connectivity index (χ0n) is 16.8. The van der Waals surface area contributed by atoms with Crippen molar-refractivity contribution in [3.63, 3.8) is 0 Å². The van der Waals surface area contributed by atoms with Crippen molar-refractivity contribution < 1.29 is 4.79 Å². The van der Waals surface area contributed by atoms with Gasteiger partial charge in [-0.05, 0) is 49.6 Å². The van der Waals surface area contributed by atoms with Crippen LogP contribution in [0.4, 0.5) is 10.5 Å². The molecule has 0 aliphatic carbocycles. The zero-order chi connectivity index (χ0) is 21.1. The number of hydrogen-bond donors (Lipinski definition) is 2. The number of piperidine rings is 1. The highest BCUT2D eigenvalue weighted by atomic mass is 35.5. The molecule has 0 radical (unpaired) electrons. The Morgan fingerprint density at radius 3 is 2.70 bits per heavy atom. The first-order valence-electron chi connectivity index (χ1n) is 10.1. The van der Waals surface area contributed by atoms with Gasteiger partial charge in [-0.25, -0.2) is 4.79 Å². The standard InChI is InChI=1S/C23H24Cl2N4O/c1-15-11-19-17(13-26-15)3-2-4-22(19)28-23(30)27-18-7-9-29(10-8-18)14-16-5-6-20(24)21(25)12-16/h2-6,11-13,18H,7-10,14H2,1H3,(H2,27,28,30). The monoisotopic (exact) mass is 442 g/mol. The van der Waals surface area contributed by atoms with Crippen molar-refractivity contribution in [2.45, 2.75) is 32.4 Å². The van der Waals surface area contributed by atoms with E-state index >= 15 is 0 Å². The van der Waals surface area contributed by atoms with Crippen molar-refractivity contribution in [2.24, 2.45) is 0 Å². The van der Waals surface area contributed by atoms with E-state index in [-0.39, 0.29) is 12.1 Å². The highest BCUT2D eigenvalue weighted by molar-refractivity contribution is 6.42. The van der Waals surface area contributed by atoms with E-state index in [9.17, 15) is 4.79 Å². The summed E-state index contributed by atoms with van der Waals surface area (Å²) >= 11 is 12.1. The normalized spacial score (nSPS) is 15.3. The predicted molar refractivity (Wildman–Crippen MR) is 123 cm³/mol. The van der Waals surface area contributed by atoms with Gasteiger partial charge in [0.25, 0.3) is 0 Å². The number of aryl methyl sites for hydroxylation is 1. The fraction of sp³-hybridized carbons (Fsp3) is 0.304. The zero-order valence-corrected chi connectivity index (χ0v) is 18.3. The number of urea groups is 1. The minimum atomic E-state index is -0.167. The topological polar surface area (TPSA) is 57.3 Å². The van der Waals surface area contributed by atoms with E-state index in [2.05, 4.69) is 20.5 Å².